The van der Waals surface area contributed by atoms with Gasteiger partial charge in [-0.3, -0.25) is 4.90 Å². The molecule has 1 saturated heterocycles. The minimum atomic E-state index is -0.397. The lowest BCUT2D eigenvalue weighted by Crippen LogP contribution is -2.45. The number of likely N-dealkylation sites (tertiary alicyclic amines) is 1. The van der Waals surface area contributed by atoms with Crippen LogP contribution in [0.4, 0.5) is 14.9 Å². The topological polar surface area (TPSA) is 58.8 Å². The summed E-state index contributed by atoms with van der Waals surface area (Å²) < 4.78 is 19.1. The number of urea groups is 1. The number of anilines is 1. The SMILES string of the molecule is NC(=O)N(c1ccc(Cl)cc1)C1CCC(CCN2CCC(Oc3ccc(F)cc3)CC2)CC1. The molecule has 2 amide bonds. The molecule has 1 aliphatic carbocycles. The average Bonchev–Trinajstić information content (AvgIpc) is 2.82. The van der Waals surface area contributed by atoms with Crippen LogP contribution in [-0.2, 0) is 0 Å². The van der Waals surface area contributed by atoms with Crippen LogP contribution >= 0.6 is 11.6 Å². The maximum absolute atomic E-state index is 13.1. The number of ether oxygens (including phenoxy) is 1. The van der Waals surface area contributed by atoms with Crippen LogP contribution in [0.1, 0.15) is 44.9 Å². The van der Waals surface area contributed by atoms with Crippen molar-refractivity contribution in [2.45, 2.75) is 57.1 Å². The van der Waals surface area contributed by atoms with Crippen LogP contribution < -0.4 is 15.4 Å². The van der Waals surface area contributed by atoms with Gasteiger partial charge in [-0.05, 0) is 106 Å². The Balaban J connectivity index is 1.18. The zero-order chi connectivity index (χ0) is 23.2. The Morgan fingerprint density at radius 3 is 2.24 bits per heavy atom. The average molecular weight is 474 g/mol. The van der Waals surface area contributed by atoms with Crippen molar-refractivity contribution >= 4 is 23.3 Å². The quantitative estimate of drug-likeness (QED) is 0.548. The number of amides is 2. The largest absolute Gasteiger partial charge is 0.490 e. The van der Waals surface area contributed by atoms with Crippen molar-refractivity contribution in [3.8, 4) is 5.75 Å². The summed E-state index contributed by atoms with van der Waals surface area (Å²) in [5.41, 5.74) is 6.54. The minimum absolute atomic E-state index is 0.152. The maximum atomic E-state index is 13.1. The number of primary amides is 1. The molecule has 2 aromatic rings. The third-order valence-corrected chi connectivity index (χ3v) is 7.28. The van der Waals surface area contributed by atoms with Gasteiger partial charge in [0.15, 0.2) is 0 Å². The Hall–Kier alpha value is -2.31. The number of carbonyl (C=O) groups is 1. The molecule has 0 bridgehead atoms. The van der Waals surface area contributed by atoms with E-state index in [-0.39, 0.29) is 18.0 Å². The van der Waals surface area contributed by atoms with Gasteiger partial charge in [0.2, 0.25) is 0 Å². The predicted molar refractivity (Wildman–Crippen MR) is 130 cm³/mol. The number of nitrogens with zero attached hydrogens (tertiary/aromatic N) is 2. The third kappa shape index (κ3) is 6.61. The van der Waals surface area contributed by atoms with Gasteiger partial charge in [0.25, 0.3) is 0 Å². The first-order valence-electron chi connectivity index (χ1n) is 12.0. The van der Waals surface area contributed by atoms with E-state index in [0.717, 1.165) is 69.6 Å². The number of piperidine rings is 1. The summed E-state index contributed by atoms with van der Waals surface area (Å²) in [6.45, 7) is 3.18. The van der Waals surface area contributed by atoms with Crippen molar-refractivity contribution in [3.63, 3.8) is 0 Å². The van der Waals surface area contributed by atoms with E-state index < -0.39 is 6.03 Å². The molecule has 5 nitrogen and oxygen atoms in total. The molecule has 0 spiro atoms. The van der Waals surface area contributed by atoms with Gasteiger partial charge in [-0.15, -0.1) is 0 Å². The number of rotatable bonds is 7. The lowest BCUT2D eigenvalue weighted by Gasteiger charge is -2.37. The number of carbonyl (C=O) groups excluding carboxylic acids is 1. The van der Waals surface area contributed by atoms with Crippen molar-refractivity contribution in [2.24, 2.45) is 11.7 Å². The second kappa shape index (κ2) is 11.2. The summed E-state index contributed by atoms with van der Waals surface area (Å²) in [6.07, 6.45) is 7.58. The van der Waals surface area contributed by atoms with E-state index in [4.69, 9.17) is 22.1 Å². The van der Waals surface area contributed by atoms with Crippen molar-refractivity contribution in [2.75, 3.05) is 24.5 Å². The Labute approximate surface area is 200 Å². The lowest BCUT2D eigenvalue weighted by molar-refractivity contribution is 0.0952. The molecule has 0 aromatic heterocycles. The molecule has 1 saturated carbocycles. The first-order chi connectivity index (χ1) is 16.0. The Morgan fingerprint density at radius 1 is 1.00 bits per heavy atom. The molecule has 0 radical (unpaired) electrons. The fraction of sp³-hybridized carbons (Fsp3) is 0.500. The normalized spacial score (nSPS) is 22.1. The lowest BCUT2D eigenvalue weighted by atomic mass is 9.83. The minimum Gasteiger partial charge on any atom is -0.490 e. The maximum Gasteiger partial charge on any atom is 0.319 e. The molecule has 1 heterocycles. The smallest absolute Gasteiger partial charge is 0.319 e. The molecule has 1 aliphatic heterocycles. The highest BCUT2D eigenvalue weighted by atomic mass is 35.5. The van der Waals surface area contributed by atoms with Crippen molar-refractivity contribution in [3.05, 3.63) is 59.4 Å². The highest BCUT2D eigenvalue weighted by Gasteiger charge is 2.29. The van der Waals surface area contributed by atoms with Crippen molar-refractivity contribution < 1.29 is 13.9 Å². The molecule has 0 unspecified atom stereocenters. The summed E-state index contributed by atoms with van der Waals surface area (Å²) in [6, 6.07) is 13.4. The first kappa shape index (κ1) is 23.8. The Bertz CT molecular complexity index is 893. The molecule has 2 N–H and O–H groups in total. The molecule has 2 aliphatic rings. The molecule has 2 fully saturated rings. The standard InChI is InChI=1S/C26H33ClFN3O2/c27-20-3-9-23(10-4-20)31(26(29)32)22-7-1-19(2-8-22)13-16-30-17-14-25(15-18-30)33-24-11-5-21(28)6-12-24/h3-6,9-12,19,22,25H,1-2,7-8,13-18H2,(H2,29,32). The number of halogens is 2. The van der Waals surface area contributed by atoms with Crippen LogP contribution in [0.2, 0.25) is 5.02 Å². The monoisotopic (exact) mass is 473 g/mol. The van der Waals surface area contributed by atoms with E-state index in [1.54, 1.807) is 29.2 Å². The highest BCUT2D eigenvalue weighted by molar-refractivity contribution is 6.30. The van der Waals surface area contributed by atoms with Gasteiger partial charge in [-0.2, -0.15) is 0 Å². The van der Waals surface area contributed by atoms with Crippen molar-refractivity contribution in [1.82, 2.24) is 4.90 Å². The van der Waals surface area contributed by atoms with Gasteiger partial charge in [0.1, 0.15) is 17.7 Å². The summed E-state index contributed by atoms with van der Waals surface area (Å²) in [4.78, 5) is 16.4. The molecular weight excluding hydrogens is 441 g/mol. The number of benzene rings is 2. The predicted octanol–water partition coefficient (Wildman–Crippen LogP) is 5.86. The van der Waals surface area contributed by atoms with Crippen LogP contribution in [0.15, 0.2) is 48.5 Å². The van der Waals surface area contributed by atoms with E-state index in [2.05, 4.69) is 4.90 Å². The molecule has 7 heteroatoms. The summed E-state index contributed by atoms with van der Waals surface area (Å²) in [5.74, 6) is 1.20. The fourth-order valence-electron chi connectivity index (χ4n) is 5.13. The van der Waals surface area contributed by atoms with E-state index >= 15 is 0 Å². The third-order valence-electron chi connectivity index (χ3n) is 7.03. The van der Waals surface area contributed by atoms with Crippen LogP contribution in [0.5, 0.6) is 5.75 Å². The fourth-order valence-corrected chi connectivity index (χ4v) is 5.26. The van der Waals surface area contributed by atoms with Gasteiger partial charge in [-0.1, -0.05) is 11.6 Å². The van der Waals surface area contributed by atoms with Gasteiger partial charge in [0.05, 0.1) is 0 Å². The van der Waals surface area contributed by atoms with Crippen LogP contribution in [0.25, 0.3) is 0 Å². The van der Waals surface area contributed by atoms with E-state index in [0.29, 0.717) is 10.9 Å². The molecule has 178 valence electrons. The first-order valence-corrected chi connectivity index (χ1v) is 12.3. The van der Waals surface area contributed by atoms with Crippen LogP contribution in [0.3, 0.4) is 0 Å². The Kier molecular flexibility index (Phi) is 8.10. The zero-order valence-corrected chi connectivity index (χ0v) is 19.7. The number of hydrogen-bond acceptors (Lipinski definition) is 3. The molecule has 2 aromatic carbocycles. The Morgan fingerprint density at radius 2 is 1.64 bits per heavy atom. The summed E-state index contributed by atoms with van der Waals surface area (Å²) in [7, 11) is 0. The molecule has 0 atom stereocenters. The van der Waals surface area contributed by atoms with Gasteiger partial charge in [0, 0.05) is 29.8 Å². The molecule has 33 heavy (non-hydrogen) atoms. The van der Waals surface area contributed by atoms with Gasteiger partial charge < -0.3 is 15.4 Å². The summed E-state index contributed by atoms with van der Waals surface area (Å²) >= 11 is 5.99. The zero-order valence-electron chi connectivity index (χ0n) is 19.0. The number of nitrogens with two attached hydrogens (primary N) is 1. The van der Waals surface area contributed by atoms with Crippen LogP contribution in [0, 0.1) is 11.7 Å². The number of hydrogen-bond donors (Lipinski definition) is 1. The second-order valence-electron chi connectivity index (χ2n) is 9.26. The van der Waals surface area contributed by atoms with Crippen molar-refractivity contribution in [1.29, 1.82) is 0 Å². The van der Waals surface area contributed by atoms with E-state index in [1.165, 1.54) is 18.6 Å². The molecular formula is C26H33ClFN3O2. The summed E-state index contributed by atoms with van der Waals surface area (Å²) in [5, 5.41) is 0.651. The van der Waals surface area contributed by atoms with E-state index in [1.807, 2.05) is 12.1 Å². The van der Waals surface area contributed by atoms with Gasteiger partial charge >= 0.3 is 6.03 Å². The van der Waals surface area contributed by atoms with Gasteiger partial charge in [-0.25, -0.2) is 9.18 Å². The van der Waals surface area contributed by atoms with Crippen LogP contribution in [-0.4, -0.2) is 42.7 Å². The highest BCUT2D eigenvalue weighted by Crippen LogP contribution is 2.33. The molecule has 4 rings (SSSR count). The second-order valence-corrected chi connectivity index (χ2v) is 9.70. The van der Waals surface area contributed by atoms with E-state index in [9.17, 15) is 9.18 Å².